The van der Waals surface area contributed by atoms with Crippen LogP contribution in [0.3, 0.4) is 0 Å². The molecule has 0 radical (unpaired) electrons. The van der Waals surface area contributed by atoms with Crippen LogP contribution in [0.15, 0.2) is 54.6 Å². The second-order valence-corrected chi connectivity index (χ2v) is 8.70. The van der Waals surface area contributed by atoms with Crippen LogP contribution in [0, 0.1) is 0 Å². The highest BCUT2D eigenvalue weighted by Gasteiger charge is 2.36. The molecule has 26 heavy (non-hydrogen) atoms. The topological polar surface area (TPSA) is 33.3 Å². The van der Waals surface area contributed by atoms with Crippen molar-refractivity contribution in [1.29, 1.82) is 0 Å². The van der Waals surface area contributed by atoms with E-state index in [1.807, 2.05) is 0 Å². The molecule has 2 aliphatic heterocycles. The minimum atomic E-state index is -0.181. The van der Waals surface area contributed by atoms with Crippen molar-refractivity contribution in [2.75, 3.05) is 17.8 Å². The van der Waals surface area contributed by atoms with Crippen LogP contribution >= 0.6 is 11.9 Å². The Hall–Kier alpha value is -1.91. The van der Waals surface area contributed by atoms with E-state index >= 15 is 0 Å². The number of nitrogens with one attached hydrogen (secondary N) is 2. The number of ether oxygens (including phenoxy) is 1. The average molecular weight is 367 g/mol. The van der Waals surface area contributed by atoms with Gasteiger partial charge in [-0.25, -0.2) is 0 Å². The van der Waals surface area contributed by atoms with E-state index in [0.717, 1.165) is 37.4 Å². The maximum Gasteiger partial charge on any atom is 0.130 e. The van der Waals surface area contributed by atoms with Gasteiger partial charge < -0.3 is 14.8 Å². The molecule has 0 atom stereocenters. The molecular weight excluding hydrogens is 340 g/mol. The average Bonchev–Trinajstić information content (AvgIpc) is 2.67. The van der Waals surface area contributed by atoms with Crippen molar-refractivity contribution in [2.24, 2.45) is 0 Å². The van der Waals surface area contributed by atoms with Crippen molar-refractivity contribution in [3.63, 3.8) is 0 Å². The molecule has 0 unspecified atom stereocenters. The number of para-hydroxylation sites is 1. The number of hydrogen-bond donors (Lipinski definition) is 2. The van der Waals surface area contributed by atoms with E-state index in [4.69, 9.17) is 4.74 Å². The molecule has 0 aromatic heterocycles. The molecule has 4 heteroatoms. The number of benzene rings is 2. The lowest BCUT2D eigenvalue weighted by Crippen LogP contribution is -2.46. The Morgan fingerprint density at radius 1 is 1.04 bits per heavy atom. The Balaban J connectivity index is 1.68. The van der Waals surface area contributed by atoms with Crippen molar-refractivity contribution >= 4 is 23.2 Å². The largest absolute Gasteiger partial charge is 0.482 e. The molecule has 2 aliphatic rings. The molecule has 0 bridgehead atoms. The summed E-state index contributed by atoms with van der Waals surface area (Å²) in [4.78, 5) is 0. The molecule has 1 fully saturated rings. The van der Waals surface area contributed by atoms with Gasteiger partial charge in [-0.3, -0.25) is 0 Å². The predicted molar refractivity (Wildman–Crippen MR) is 112 cm³/mol. The summed E-state index contributed by atoms with van der Waals surface area (Å²) >= 11 is 1.74. The first-order valence-corrected chi connectivity index (χ1v) is 10.3. The lowest BCUT2D eigenvalue weighted by atomic mass is 9.83. The zero-order valence-corrected chi connectivity index (χ0v) is 16.2. The highest BCUT2D eigenvalue weighted by atomic mass is 32.2. The van der Waals surface area contributed by atoms with Gasteiger partial charge in [-0.1, -0.05) is 44.2 Å². The summed E-state index contributed by atoms with van der Waals surface area (Å²) in [5.74, 6) is 1.00. The molecule has 2 N–H and O–H groups in total. The third-order valence-electron chi connectivity index (χ3n) is 4.96. The molecule has 0 amide bonds. The van der Waals surface area contributed by atoms with Gasteiger partial charge in [-0.05, 0) is 60.4 Å². The van der Waals surface area contributed by atoms with Gasteiger partial charge in [0.05, 0.1) is 0 Å². The highest BCUT2D eigenvalue weighted by molar-refractivity contribution is 8.01. The van der Waals surface area contributed by atoms with Crippen LogP contribution in [0.1, 0.15) is 37.8 Å². The lowest BCUT2D eigenvalue weighted by molar-refractivity contribution is 0.0817. The Kier molecular flexibility index (Phi) is 4.96. The summed E-state index contributed by atoms with van der Waals surface area (Å²) in [6.45, 7) is 6.38. The smallest absolute Gasteiger partial charge is 0.130 e. The monoisotopic (exact) mass is 366 g/mol. The van der Waals surface area contributed by atoms with Crippen molar-refractivity contribution in [1.82, 2.24) is 5.32 Å². The predicted octanol–water partition coefficient (Wildman–Crippen LogP) is 5.10. The minimum Gasteiger partial charge on any atom is -0.482 e. The molecule has 0 aliphatic carbocycles. The van der Waals surface area contributed by atoms with Gasteiger partial charge in [-0.15, -0.1) is 0 Å². The molecule has 136 valence electrons. The number of piperidine rings is 1. The minimum absolute atomic E-state index is 0.181. The molecule has 2 aromatic rings. The van der Waals surface area contributed by atoms with Gasteiger partial charge in [0.15, 0.2) is 0 Å². The van der Waals surface area contributed by atoms with E-state index < -0.39 is 0 Å². The number of fused-ring (bicyclic) bond motifs is 1. The molecule has 2 heterocycles. The first kappa shape index (κ1) is 17.5. The van der Waals surface area contributed by atoms with Crippen molar-refractivity contribution in [3.8, 4) is 5.75 Å². The standard InChI is InChI=1S/C22H26N2OS/c1-16(2)26-24-18-9-7-17(8-10-18)20-15-22(11-13-23-14-12-22)25-21-6-4-3-5-19(20)21/h3-10,15-16,23-24H,11-14H2,1-2H3. The summed E-state index contributed by atoms with van der Waals surface area (Å²) < 4.78 is 9.88. The summed E-state index contributed by atoms with van der Waals surface area (Å²) in [6.07, 6.45) is 4.38. The number of rotatable bonds is 4. The van der Waals surface area contributed by atoms with E-state index in [2.05, 4.69) is 78.5 Å². The number of hydrogen-bond acceptors (Lipinski definition) is 4. The third kappa shape index (κ3) is 3.62. The first-order chi connectivity index (χ1) is 12.7. The fourth-order valence-corrected chi connectivity index (χ4v) is 4.11. The van der Waals surface area contributed by atoms with E-state index in [1.54, 1.807) is 11.9 Å². The summed E-state index contributed by atoms with van der Waals surface area (Å²) in [6, 6.07) is 17.2. The first-order valence-electron chi connectivity index (χ1n) is 9.39. The zero-order valence-electron chi connectivity index (χ0n) is 15.4. The summed E-state index contributed by atoms with van der Waals surface area (Å²) in [5, 5.41) is 4.00. The molecule has 3 nitrogen and oxygen atoms in total. The van der Waals surface area contributed by atoms with E-state index in [-0.39, 0.29) is 5.60 Å². The van der Waals surface area contributed by atoms with E-state index in [9.17, 15) is 0 Å². The van der Waals surface area contributed by atoms with Crippen LogP contribution in [0.4, 0.5) is 5.69 Å². The Labute approximate surface area is 160 Å². The second-order valence-electron chi connectivity index (χ2n) is 7.32. The Morgan fingerprint density at radius 3 is 2.50 bits per heavy atom. The van der Waals surface area contributed by atoms with E-state index in [0.29, 0.717) is 5.25 Å². The Bertz CT molecular complexity index is 792. The fraction of sp³-hybridized carbons (Fsp3) is 0.364. The van der Waals surface area contributed by atoms with Crippen LogP contribution in [0.5, 0.6) is 5.75 Å². The van der Waals surface area contributed by atoms with Gasteiger partial charge in [0.2, 0.25) is 0 Å². The van der Waals surface area contributed by atoms with Crippen LogP contribution in [-0.2, 0) is 0 Å². The maximum atomic E-state index is 6.47. The normalized spacial score (nSPS) is 18.2. The van der Waals surface area contributed by atoms with Gasteiger partial charge in [0.25, 0.3) is 0 Å². The molecule has 1 saturated heterocycles. The summed E-state index contributed by atoms with van der Waals surface area (Å²) in [5.41, 5.74) is 4.69. The fourth-order valence-electron chi connectivity index (χ4n) is 3.61. The van der Waals surface area contributed by atoms with Crippen LogP contribution in [-0.4, -0.2) is 23.9 Å². The van der Waals surface area contributed by atoms with Gasteiger partial charge in [0.1, 0.15) is 11.4 Å². The quantitative estimate of drug-likeness (QED) is 0.738. The van der Waals surface area contributed by atoms with Gasteiger partial charge in [0, 0.05) is 29.3 Å². The maximum absolute atomic E-state index is 6.47. The SMILES string of the molecule is CC(C)SNc1ccc(C2=CC3(CCNCC3)Oc3ccccc32)cc1. The second kappa shape index (κ2) is 7.37. The molecule has 4 rings (SSSR count). The van der Waals surface area contributed by atoms with Gasteiger partial charge >= 0.3 is 0 Å². The van der Waals surface area contributed by atoms with Crippen molar-refractivity contribution < 1.29 is 4.74 Å². The summed E-state index contributed by atoms with van der Waals surface area (Å²) in [7, 11) is 0. The van der Waals surface area contributed by atoms with Crippen LogP contribution in [0.2, 0.25) is 0 Å². The molecule has 2 aromatic carbocycles. The van der Waals surface area contributed by atoms with Crippen LogP contribution < -0.4 is 14.8 Å². The molecule has 0 saturated carbocycles. The van der Waals surface area contributed by atoms with E-state index in [1.165, 1.54) is 16.7 Å². The van der Waals surface area contributed by atoms with Gasteiger partial charge in [-0.2, -0.15) is 0 Å². The Morgan fingerprint density at radius 2 is 1.77 bits per heavy atom. The third-order valence-corrected chi connectivity index (χ3v) is 5.78. The van der Waals surface area contributed by atoms with Crippen molar-refractivity contribution in [2.45, 2.75) is 37.5 Å². The zero-order chi connectivity index (χ0) is 18.0. The highest BCUT2D eigenvalue weighted by Crippen LogP contribution is 2.42. The van der Waals surface area contributed by atoms with Crippen molar-refractivity contribution in [3.05, 3.63) is 65.7 Å². The lowest BCUT2D eigenvalue weighted by Gasteiger charge is -2.40. The number of anilines is 1. The molecular formula is C22H26N2OS. The molecule has 1 spiro atoms. The van der Waals surface area contributed by atoms with Crippen LogP contribution in [0.25, 0.3) is 5.57 Å².